The number of rotatable bonds is 9. The summed E-state index contributed by atoms with van der Waals surface area (Å²) in [7, 11) is 2.99. The van der Waals surface area contributed by atoms with Crippen LogP contribution in [0.5, 0.6) is 5.75 Å². The molecule has 0 radical (unpaired) electrons. The van der Waals surface area contributed by atoms with Gasteiger partial charge in [0.25, 0.3) is 0 Å². The number of benzene rings is 3. The van der Waals surface area contributed by atoms with Crippen LogP contribution in [0.4, 0.5) is 11.4 Å². The molecule has 0 aromatic heterocycles. The van der Waals surface area contributed by atoms with E-state index in [1.165, 1.54) is 18.4 Å². The molecule has 1 fully saturated rings. The van der Waals surface area contributed by atoms with Gasteiger partial charge < -0.3 is 19.7 Å². The van der Waals surface area contributed by atoms with E-state index in [-0.39, 0.29) is 12.0 Å². The summed E-state index contributed by atoms with van der Waals surface area (Å²) < 4.78 is 10.3. The molecule has 6 heteroatoms. The summed E-state index contributed by atoms with van der Waals surface area (Å²) in [5, 5.41) is 3.53. The second kappa shape index (κ2) is 11.6. The van der Waals surface area contributed by atoms with Crippen molar-refractivity contribution in [1.82, 2.24) is 4.90 Å². The van der Waals surface area contributed by atoms with Crippen LogP contribution in [0.1, 0.15) is 15.9 Å². The Labute approximate surface area is 202 Å². The lowest BCUT2D eigenvalue weighted by atomic mass is 10.0. The molecular formula is C28H33N3O3. The predicted molar refractivity (Wildman–Crippen MR) is 137 cm³/mol. The normalized spacial score (nSPS) is 14.9. The van der Waals surface area contributed by atoms with Gasteiger partial charge >= 0.3 is 5.97 Å². The fourth-order valence-corrected chi connectivity index (χ4v) is 4.51. The van der Waals surface area contributed by atoms with Gasteiger partial charge in [0, 0.05) is 50.1 Å². The molecule has 0 aliphatic carbocycles. The van der Waals surface area contributed by atoms with Crippen molar-refractivity contribution in [3.05, 3.63) is 90.0 Å². The van der Waals surface area contributed by atoms with E-state index in [1.807, 2.05) is 12.1 Å². The Hall–Kier alpha value is -3.51. The molecular weight excluding hydrogens is 426 g/mol. The van der Waals surface area contributed by atoms with Gasteiger partial charge in [0.2, 0.25) is 0 Å². The van der Waals surface area contributed by atoms with Crippen LogP contribution in [0.15, 0.2) is 78.9 Å². The topological polar surface area (TPSA) is 54.0 Å². The van der Waals surface area contributed by atoms with Crippen molar-refractivity contribution < 1.29 is 14.3 Å². The monoisotopic (exact) mass is 459 g/mol. The Morgan fingerprint density at radius 2 is 1.59 bits per heavy atom. The molecule has 0 bridgehead atoms. The standard InChI is InChI=1S/C28H33N3O3/c1-33-25-13-14-27(26(20-25)28(32)34-2)29-21-24(19-22-9-5-3-6-10-22)31-17-15-30(16-18-31)23-11-7-4-8-12-23/h3-14,20,24,29H,15-19,21H2,1-2H3. The third kappa shape index (κ3) is 5.88. The van der Waals surface area contributed by atoms with Gasteiger partial charge in [-0.15, -0.1) is 0 Å². The molecule has 4 rings (SSSR count). The highest BCUT2D eigenvalue weighted by molar-refractivity contribution is 5.96. The van der Waals surface area contributed by atoms with Crippen LogP contribution in [0.3, 0.4) is 0 Å². The number of hydrogen-bond acceptors (Lipinski definition) is 6. The zero-order valence-electron chi connectivity index (χ0n) is 19.9. The van der Waals surface area contributed by atoms with Crippen LogP contribution in [-0.4, -0.2) is 63.9 Å². The average Bonchev–Trinajstić information content (AvgIpc) is 2.91. The van der Waals surface area contributed by atoms with Gasteiger partial charge in [0.1, 0.15) is 5.75 Å². The molecule has 6 nitrogen and oxygen atoms in total. The van der Waals surface area contributed by atoms with E-state index in [2.05, 4.69) is 75.8 Å². The summed E-state index contributed by atoms with van der Waals surface area (Å²) in [4.78, 5) is 17.4. The van der Waals surface area contributed by atoms with Gasteiger partial charge in [0.15, 0.2) is 0 Å². The van der Waals surface area contributed by atoms with Crippen molar-refractivity contribution in [3.63, 3.8) is 0 Å². The molecule has 1 saturated heterocycles. The smallest absolute Gasteiger partial charge is 0.340 e. The van der Waals surface area contributed by atoms with Gasteiger partial charge in [-0.3, -0.25) is 4.90 Å². The lowest BCUT2D eigenvalue weighted by Gasteiger charge is -2.40. The molecule has 1 N–H and O–H groups in total. The SMILES string of the molecule is COC(=O)c1cc(OC)ccc1NCC(Cc1ccccc1)N1CCN(c2ccccc2)CC1. The third-order valence-corrected chi connectivity index (χ3v) is 6.43. The Kier molecular flexibility index (Phi) is 8.04. The van der Waals surface area contributed by atoms with Gasteiger partial charge in [-0.05, 0) is 42.3 Å². The summed E-state index contributed by atoms with van der Waals surface area (Å²) in [6.45, 7) is 4.67. The summed E-state index contributed by atoms with van der Waals surface area (Å²) in [6, 6.07) is 26.9. The van der Waals surface area contributed by atoms with Crippen molar-refractivity contribution in [2.75, 3.05) is 57.2 Å². The third-order valence-electron chi connectivity index (χ3n) is 6.43. The minimum absolute atomic E-state index is 0.285. The lowest BCUT2D eigenvalue weighted by Crippen LogP contribution is -2.53. The molecule has 1 heterocycles. The Bertz CT molecular complexity index is 1050. The number of ether oxygens (including phenoxy) is 2. The van der Waals surface area contributed by atoms with Crippen LogP contribution >= 0.6 is 0 Å². The molecule has 0 spiro atoms. The quantitative estimate of drug-likeness (QED) is 0.481. The first-order valence-corrected chi connectivity index (χ1v) is 11.8. The number of carbonyl (C=O) groups excluding carboxylic acids is 1. The van der Waals surface area contributed by atoms with E-state index in [0.29, 0.717) is 11.3 Å². The Morgan fingerprint density at radius 1 is 0.912 bits per heavy atom. The van der Waals surface area contributed by atoms with Gasteiger partial charge in [-0.2, -0.15) is 0 Å². The first-order chi connectivity index (χ1) is 16.7. The second-order valence-corrected chi connectivity index (χ2v) is 8.49. The lowest BCUT2D eigenvalue weighted by molar-refractivity contribution is 0.0601. The number of nitrogens with one attached hydrogen (secondary N) is 1. The van der Waals surface area contributed by atoms with Crippen LogP contribution in [0, 0.1) is 0 Å². The first-order valence-electron chi connectivity index (χ1n) is 11.8. The van der Waals surface area contributed by atoms with E-state index in [9.17, 15) is 4.79 Å². The number of para-hydroxylation sites is 1. The van der Waals surface area contributed by atoms with E-state index in [4.69, 9.17) is 9.47 Å². The van der Waals surface area contributed by atoms with Crippen molar-refractivity contribution in [3.8, 4) is 5.75 Å². The fraction of sp³-hybridized carbons (Fsp3) is 0.321. The van der Waals surface area contributed by atoms with Crippen molar-refractivity contribution in [2.45, 2.75) is 12.5 Å². The highest BCUT2D eigenvalue weighted by Gasteiger charge is 2.25. The number of piperazine rings is 1. The summed E-state index contributed by atoms with van der Waals surface area (Å²) in [5.41, 5.74) is 3.83. The number of anilines is 2. The molecule has 1 aliphatic heterocycles. The number of nitrogens with zero attached hydrogens (tertiary/aromatic N) is 2. The largest absolute Gasteiger partial charge is 0.497 e. The molecule has 3 aromatic carbocycles. The number of methoxy groups -OCH3 is 2. The zero-order valence-corrected chi connectivity index (χ0v) is 19.9. The molecule has 0 saturated carbocycles. The first kappa shape index (κ1) is 23.6. The van der Waals surface area contributed by atoms with Crippen molar-refractivity contribution >= 4 is 17.3 Å². The molecule has 0 amide bonds. The number of hydrogen-bond donors (Lipinski definition) is 1. The van der Waals surface area contributed by atoms with Crippen molar-refractivity contribution in [2.24, 2.45) is 0 Å². The molecule has 34 heavy (non-hydrogen) atoms. The zero-order chi connectivity index (χ0) is 23.8. The minimum atomic E-state index is -0.377. The van der Waals surface area contributed by atoms with Crippen LogP contribution in [0.25, 0.3) is 0 Å². The molecule has 178 valence electrons. The highest BCUT2D eigenvalue weighted by atomic mass is 16.5. The Morgan fingerprint density at radius 3 is 2.24 bits per heavy atom. The second-order valence-electron chi connectivity index (χ2n) is 8.49. The molecule has 1 aliphatic rings. The predicted octanol–water partition coefficient (Wildman–Crippen LogP) is 4.33. The fourth-order valence-electron chi connectivity index (χ4n) is 4.51. The van der Waals surface area contributed by atoms with E-state index >= 15 is 0 Å². The Balaban J connectivity index is 1.48. The molecule has 1 unspecified atom stereocenters. The minimum Gasteiger partial charge on any atom is -0.497 e. The van der Waals surface area contributed by atoms with Crippen LogP contribution in [-0.2, 0) is 11.2 Å². The molecule has 1 atom stereocenters. The average molecular weight is 460 g/mol. The highest BCUT2D eigenvalue weighted by Crippen LogP contribution is 2.24. The number of carbonyl (C=O) groups is 1. The van der Waals surface area contributed by atoms with Gasteiger partial charge in [0.05, 0.1) is 19.8 Å². The van der Waals surface area contributed by atoms with Crippen LogP contribution < -0.4 is 15.0 Å². The summed E-state index contributed by atoms with van der Waals surface area (Å²) in [5.74, 6) is 0.251. The molecule has 3 aromatic rings. The number of esters is 1. The van der Waals surface area contributed by atoms with Crippen LogP contribution in [0.2, 0.25) is 0 Å². The summed E-state index contributed by atoms with van der Waals surface area (Å²) >= 11 is 0. The maximum Gasteiger partial charge on any atom is 0.340 e. The van der Waals surface area contributed by atoms with Gasteiger partial charge in [-0.1, -0.05) is 48.5 Å². The maximum absolute atomic E-state index is 12.4. The summed E-state index contributed by atoms with van der Waals surface area (Å²) in [6.07, 6.45) is 0.933. The maximum atomic E-state index is 12.4. The van der Waals surface area contributed by atoms with E-state index in [0.717, 1.165) is 44.8 Å². The van der Waals surface area contributed by atoms with Gasteiger partial charge in [-0.25, -0.2) is 4.79 Å². The van der Waals surface area contributed by atoms with E-state index in [1.54, 1.807) is 13.2 Å². The van der Waals surface area contributed by atoms with E-state index < -0.39 is 0 Å². The van der Waals surface area contributed by atoms with Crippen molar-refractivity contribution in [1.29, 1.82) is 0 Å².